The molecule has 0 aromatic heterocycles. The topological polar surface area (TPSA) is 53.9 Å². The van der Waals surface area contributed by atoms with Crippen molar-refractivity contribution in [3.63, 3.8) is 0 Å². The highest BCUT2D eigenvalue weighted by atomic mass is 16.2. The van der Waals surface area contributed by atoms with Crippen LogP contribution in [0.5, 0.6) is 0 Å². The predicted molar refractivity (Wildman–Crippen MR) is 122 cm³/mol. The van der Waals surface area contributed by atoms with Gasteiger partial charge in [0.2, 0.25) is 0 Å². The molecule has 2 aromatic carbocycles. The summed E-state index contributed by atoms with van der Waals surface area (Å²) in [4.78, 5) is 28.7. The molecule has 1 saturated carbocycles. The maximum Gasteiger partial charge on any atom is 0.282 e. The lowest BCUT2D eigenvalue weighted by Gasteiger charge is -2.34. The summed E-state index contributed by atoms with van der Waals surface area (Å²) in [6, 6.07) is 18.1. The number of nitrogens with zero attached hydrogens (tertiary/aromatic N) is 1. The minimum atomic E-state index is -0.0647. The number of para-hydroxylation sites is 2. The lowest BCUT2D eigenvalue weighted by Crippen LogP contribution is -3.11. The Morgan fingerprint density at radius 3 is 2.33 bits per heavy atom. The number of hydrogen-bond donors (Lipinski definition) is 2. The molecule has 1 aliphatic rings. The highest BCUT2D eigenvalue weighted by Gasteiger charge is 2.29. The second-order valence-corrected chi connectivity index (χ2v) is 8.26. The van der Waals surface area contributed by atoms with E-state index in [9.17, 15) is 9.59 Å². The lowest BCUT2D eigenvalue weighted by molar-refractivity contribution is -0.862. The van der Waals surface area contributed by atoms with Crippen molar-refractivity contribution in [1.82, 2.24) is 0 Å². The van der Waals surface area contributed by atoms with Crippen molar-refractivity contribution < 1.29 is 14.5 Å². The molecular formula is C25H34N3O2+. The maximum atomic E-state index is 13.3. The minimum absolute atomic E-state index is 0.0647. The molecule has 160 valence electrons. The van der Waals surface area contributed by atoms with Gasteiger partial charge in [-0.2, -0.15) is 0 Å². The first-order chi connectivity index (χ1) is 14.6. The molecule has 2 amide bonds. The summed E-state index contributed by atoms with van der Waals surface area (Å²) in [6.07, 6.45) is 6.55. The number of nitrogens with one attached hydrogen (secondary N) is 2. The second-order valence-electron chi connectivity index (χ2n) is 8.26. The fourth-order valence-corrected chi connectivity index (χ4v) is 4.31. The number of aryl methyl sites for hydroxylation is 1. The van der Waals surface area contributed by atoms with E-state index in [1.807, 2.05) is 66.5 Å². The van der Waals surface area contributed by atoms with E-state index in [2.05, 4.69) is 12.2 Å². The first-order valence-electron chi connectivity index (χ1n) is 11.1. The fraction of sp³-hybridized carbons (Fsp3) is 0.440. The fourth-order valence-electron chi connectivity index (χ4n) is 4.31. The first-order valence-corrected chi connectivity index (χ1v) is 11.1. The third kappa shape index (κ3) is 5.92. The third-order valence-corrected chi connectivity index (χ3v) is 5.83. The van der Waals surface area contributed by atoms with E-state index in [0.717, 1.165) is 41.1 Å². The van der Waals surface area contributed by atoms with E-state index in [-0.39, 0.29) is 24.4 Å². The average Bonchev–Trinajstić information content (AvgIpc) is 2.75. The van der Waals surface area contributed by atoms with Crippen molar-refractivity contribution in [2.75, 3.05) is 30.4 Å². The lowest BCUT2D eigenvalue weighted by atomic mass is 9.93. The number of carbonyl (C=O) groups is 2. The molecule has 1 atom stereocenters. The Balaban J connectivity index is 1.62. The smallest absolute Gasteiger partial charge is 0.282 e. The van der Waals surface area contributed by atoms with Gasteiger partial charge in [-0.15, -0.1) is 0 Å². The highest BCUT2D eigenvalue weighted by Crippen LogP contribution is 2.27. The van der Waals surface area contributed by atoms with Crippen LogP contribution in [0.1, 0.15) is 44.6 Å². The van der Waals surface area contributed by atoms with Gasteiger partial charge in [-0.25, -0.2) is 0 Å². The van der Waals surface area contributed by atoms with Crippen molar-refractivity contribution in [1.29, 1.82) is 0 Å². The zero-order valence-corrected chi connectivity index (χ0v) is 18.2. The molecular weight excluding hydrogens is 374 g/mol. The molecule has 0 radical (unpaired) electrons. The Hall–Kier alpha value is -2.66. The monoisotopic (exact) mass is 408 g/mol. The van der Waals surface area contributed by atoms with E-state index in [1.54, 1.807) is 0 Å². The summed E-state index contributed by atoms with van der Waals surface area (Å²) in [5, 5.41) is 3.01. The van der Waals surface area contributed by atoms with Crippen LogP contribution in [0, 0.1) is 0 Å². The largest absolute Gasteiger partial charge is 0.322 e. The Kier molecular flexibility index (Phi) is 8.03. The van der Waals surface area contributed by atoms with Crippen LogP contribution < -0.4 is 15.1 Å². The molecule has 2 N–H and O–H groups in total. The molecule has 30 heavy (non-hydrogen) atoms. The van der Waals surface area contributed by atoms with Crippen LogP contribution in [-0.2, 0) is 16.0 Å². The molecule has 1 unspecified atom stereocenters. The average molecular weight is 409 g/mol. The maximum absolute atomic E-state index is 13.3. The normalized spacial score (nSPS) is 15.4. The number of hydrogen-bond acceptors (Lipinski definition) is 2. The molecule has 1 fully saturated rings. The van der Waals surface area contributed by atoms with Gasteiger partial charge < -0.3 is 15.1 Å². The van der Waals surface area contributed by atoms with Crippen molar-refractivity contribution in [2.45, 2.75) is 51.5 Å². The standard InChI is InChI=1S/C25H33N3O2/c1-3-20-12-10-11-17-23(20)26-24(29)18-27(2)19-25(30)28(21-13-6-4-7-14-21)22-15-8-5-9-16-22/h4,6-7,10-14,17,22H,3,5,8-9,15-16,18-19H2,1-2H3,(H,26,29)/p+1. The van der Waals surface area contributed by atoms with Gasteiger partial charge >= 0.3 is 0 Å². The zero-order chi connectivity index (χ0) is 21.3. The highest BCUT2D eigenvalue weighted by molar-refractivity contribution is 5.95. The SMILES string of the molecule is CCc1ccccc1NC(=O)C[NH+](C)CC(=O)N(c1ccccc1)C1CCCCC1. The van der Waals surface area contributed by atoms with Gasteiger partial charge in [0.15, 0.2) is 13.1 Å². The number of anilines is 2. The van der Waals surface area contributed by atoms with Gasteiger partial charge in [0.25, 0.3) is 11.8 Å². The summed E-state index contributed by atoms with van der Waals surface area (Å²) in [5.41, 5.74) is 2.94. The molecule has 3 rings (SSSR count). The molecule has 0 saturated heterocycles. The minimum Gasteiger partial charge on any atom is -0.322 e. The van der Waals surface area contributed by atoms with Crippen LogP contribution in [0.2, 0.25) is 0 Å². The Morgan fingerprint density at radius 1 is 0.967 bits per heavy atom. The van der Waals surface area contributed by atoms with E-state index in [1.165, 1.54) is 19.3 Å². The van der Waals surface area contributed by atoms with Gasteiger partial charge in [-0.1, -0.05) is 62.6 Å². The molecule has 0 heterocycles. The van der Waals surface area contributed by atoms with Crippen molar-refractivity contribution in [3.8, 4) is 0 Å². The van der Waals surface area contributed by atoms with E-state index < -0.39 is 0 Å². The number of rotatable bonds is 8. The molecule has 5 nitrogen and oxygen atoms in total. The summed E-state index contributed by atoms with van der Waals surface area (Å²) < 4.78 is 0. The predicted octanol–water partition coefficient (Wildman–Crippen LogP) is 3.07. The zero-order valence-electron chi connectivity index (χ0n) is 18.2. The van der Waals surface area contributed by atoms with Crippen molar-refractivity contribution in [3.05, 3.63) is 60.2 Å². The van der Waals surface area contributed by atoms with E-state index in [0.29, 0.717) is 6.54 Å². The number of likely N-dealkylation sites (N-methyl/N-ethyl adjacent to an activating group) is 1. The molecule has 1 aliphatic carbocycles. The molecule has 2 aromatic rings. The van der Waals surface area contributed by atoms with Gasteiger partial charge in [-0.05, 0) is 43.0 Å². The molecule has 5 heteroatoms. The Labute approximate surface area is 180 Å². The van der Waals surface area contributed by atoms with E-state index >= 15 is 0 Å². The summed E-state index contributed by atoms with van der Waals surface area (Å²) in [6.45, 7) is 2.63. The first kappa shape index (κ1) is 22.0. The number of amides is 2. The quantitative estimate of drug-likeness (QED) is 0.705. The Bertz CT molecular complexity index is 831. The molecule has 0 spiro atoms. The van der Waals surface area contributed by atoms with Crippen LogP contribution in [-0.4, -0.2) is 38.0 Å². The van der Waals surface area contributed by atoms with Crippen molar-refractivity contribution in [2.24, 2.45) is 0 Å². The summed E-state index contributed by atoms with van der Waals surface area (Å²) in [7, 11) is 1.91. The number of benzene rings is 2. The second kappa shape index (κ2) is 10.9. The van der Waals surface area contributed by atoms with E-state index in [4.69, 9.17) is 0 Å². The van der Waals surface area contributed by atoms with Crippen LogP contribution in [0.4, 0.5) is 11.4 Å². The van der Waals surface area contributed by atoms with Gasteiger partial charge in [0.1, 0.15) is 0 Å². The number of quaternary nitrogens is 1. The summed E-state index contributed by atoms with van der Waals surface area (Å²) >= 11 is 0. The number of carbonyl (C=O) groups excluding carboxylic acids is 2. The molecule has 0 aliphatic heterocycles. The van der Waals surface area contributed by atoms with Crippen LogP contribution >= 0.6 is 0 Å². The van der Waals surface area contributed by atoms with Crippen LogP contribution in [0.25, 0.3) is 0 Å². The van der Waals surface area contributed by atoms with Crippen LogP contribution in [0.3, 0.4) is 0 Å². The van der Waals surface area contributed by atoms with Gasteiger partial charge in [-0.3, -0.25) is 9.59 Å². The third-order valence-electron chi connectivity index (χ3n) is 5.83. The van der Waals surface area contributed by atoms with Crippen molar-refractivity contribution >= 4 is 23.2 Å². The Morgan fingerprint density at radius 2 is 1.63 bits per heavy atom. The van der Waals surface area contributed by atoms with Gasteiger partial charge in [0, 0.05) is 17.4 Å². The molecule has 0 bridgehead atoms. The summed E-state index contributed by atoms with van der Waals surface area (Å²) in [5.74, 6) is 0.0254. The van der Waals surface area contributed by atoms with Gasteiger partial charge in [0.05, 0.1) is 7.05 Å². The van der Waals surface area contributed by atoms with Crippen LogP contribution in [0.15, 0.2) is 54.6 Å².